The van der Waals surface area contributed by atoms with E-state index >= 15 is 0 Å². The third-order valence-electron chi connectivity index (χ3n) is 5.77. The molecular weight excluding hydrogens is 395 g/mol. The largest absolute Gasteiger partial charge is 0.354 e. The Labute approximate surface area is 181 Å². The standard InChI is InChI=1S/C24H27FN4O2/c1-17-13-19-6-2-3-8-21(19)29(17)12-10-26-23(30)15-22-24(31)27-9-11-28(22)16-18-5-4-7-20(25)14-18/h2-8,13-14,22H,9-12,15-16H2,1H3,(H,26,30)(H,27,31). The van der Waals surface area contributed by atoms with Crippen molar-refractivity contribution in [3.63, 3.8) is 0 Å². The SMILES string of the molecule is Cc1cc2ccccc2n1CCNC(=O)CC1C(=O)NCCN1Cc1cccc(F)c1. The van der Waals surface area contributed by atoms with Crippen LogP contribution in [0.5, 0.6) is 0 Å². The van der Waals surface area contributed by atoms with Crippen molar-refractivity contribution < 1.29 is 14.0 Å². The van der Waals surface area contributed by atoms with Crippen molar-refractivity contribution in [1.29, 1.82) is 0 Å². The minimum atomic E-state index is -0.564. The first-order valence-corrected chi connectivity index (χ1v) is 10.6. The van der Waals surface area contributed by atoms with Gasteiger partial charge in [0.05, 0.1) is 12.5 Å². The molecule has 1 unspecified atom stereocenters. The van der Waals surface area contributed by atoms with Crippen molar-refractivity contribution in [3.8, 4) is 0 Å². The Morgan fingerprint density at radius 1 is 1.19 bits per heavy atom. The van der Waals surface area contributed by atoms with Gasteiger partial charge in [-0.2, -0.15) is 0 Å². The molecule has 7 heteroatoms. The smallest absolute Gasteiger partial charge is 0.237 e. The zero-order valence-electron chi connectivity index (χ0n) is 17.6. The highest BCUT2D eigenvalue weighted by atomic mass is 19.1. The molecule has 4 rings (SSSR count). The predicted molar refractivity (Wildman–Crippen MR) is 118 cm³/mol. The number of nitrogens with zero attached hydrogens (tertiary/aromatic N) is 2. The third-order valence-corrected chi connectivity index (χ3v) is 5.77. The lowest BCUT2D eigenvalue weighted by Crippen LogP contribution is -2.56. The number of halogens is 1. The van der Waals surface area contributed by atoms with Crippen molar-refractivity contribution in [2.75, 3.05) is 19.6 Å². The Kier molecular flexibility index (Phi) is 6.32. The molecule has 2 aromatic carbocycles. The number of rotatable bonds is 7. The number of aryl methyl sites for hydroxylation is 1. The maximum atomic E-state index is 13.5. The Hall–Kier alpha value is -3.19. The van der Waals surface area contributed by atoms with Crippen molar-refractivity contribution in [2.45, 2.75) is 32.5 Å². The molecule has 0 radical (unpaired) electrons. The van der Waals surface area contributed by atoms with Gasteiger partial charge in [-0.25, -0.2) is 4.39 Å². The van der Waals surface area contributed by atoms with Gasteiger partial charge in [-0.1, -0.05) is 30.3 Å². The maximum absolute atomic E-state index is 13.5. The van der Waals surface area contributed by atoms with E-state index in [-0.39, 0.29) is 24.1 Å². The van der Waals surface area contributed by atoms with Gasteiger partial charge in [0.25, 0.3) is 0 Å². The van der Waals surface area contributed by atoms with Gasteiger partial charge >= 0.3 is 0 Å². The van der Waals surface area contributed by atoms with Gasteiger partial charge in [0.15, 0.2) is 0 Å². The quantitative estimate of drug-likeness (QED) is 0.615. The van der Waals surface area contributed by atoms with Crippen LogP contribution in [0.2, 0.25) is 0 Å². The second-order valence-corrected chi connectivity index (χ2v) is 7.96. The molecule has 162 valence electrons. The maximum Gasteiger partial charge on any atom is 0.237 e. The summed E-state index contributed by atoms with van der Waals surface area (Å²) in [6, 6.07) is 16.1. The first kappa shape index (κ1) is 21.1. The van der Waals surface area contributed by atoms with Crippen LogP contribution >= 0.6 is 0 Å². The number of fused-ring (bicyclic) bond motifs is 1. The van der Waals surface area contributed by atoms with Crippen LogP contribution < -0.4 is 10.6 Å². The van der Waals surface area contributed by atoms with E-state index in [1.54, 1.807) is 6.07 Å². The summed E-state index contributed by atoms with van der Waals surface area (Å²) in [5.41, 5.74) is 3.07. The monoisotopic (exact) mass is 422 g/mol. The fourth-order valence-electron chi connectivity index (χ4n) is 4.24. The van der Waals surface area contributed by atoms with E-state index in [0.29, 0.717) is 32.7 Å². The van der Waals surface area contributed by atoms with E-state index in [9.17, 15) is 14.0 Å². The summed E-state index contributed by atoms with van der Waals surface area (Å²) in [7, 11) is 0. The summed E-state index contributed by atoms with van der Waals surface area (Å²) in [5, 5.41) is 6.96. The Morgan fingerprint density at radius 2 is 2.03 bits per heavy atom. The molecule has 1 aromatic heterocycles. The van der Waals surface area contributed by atoms with Gasteiger partial charge in [-0.05, 0) is 42.1 Å². The number of carbonyl (C=O) groups is 2. The molecule has 1 aliphatic rings. The van der Waals surface area contributed by atoms with Crippen LogP contribution in [-0.2, 0) is 22.7 Å². The lowest BCUT2D eigenvalue weighted by molar-refractivity contribution is -0.134. The molecule has 1 atom stereocenters. The fourth-order valence-corrected chi connectivity index (χ4v) is 4.24. The predicted octanol–water partition coefficient (Wildman–Crippen LogP) is 2.60. The van der Waals surface area contributed by atoms with E-state index in [0.717, 1.165) is 16.8 Å². The van der Waals surface area contributed by atoms with Crippen LogP contribution in [0.4, 0.5) is 4.39 Å². The number of carbonyl (C=O) groups excluding carboxylic acids is 2. The van der Waals surface area contributed by atoms with Crippen molar-refractivity contribution in [1.82, 2.24) is 20.1 Å². The number of hydrogen-bond donors (Lipinski definition) is 2. The van der Waals surface area contributed by atoms with E-state index in [2.05, 4.69) is 40.3 Å². The van der Waals surface area contributed by atoms with Crippen LogP contribution in [0.1, 0.15) is 17.7 Å². The number of aromatic nitrogens is 1. The molecule has 2 amide bonds. The van der Waals surface area contributed by atoms with Crippen LogP contribution in [0.25, 0.3) is 10.9 Å². The molecule has 6 nitrogen and oxygen atoms in total. The van der Waals surface area contributed by atoms with Gasteiger partial charge in [-0.15, -0.1) is 0 Å². The minimum absolute atomic E-state index is 0.0759. The number of para-hydroxylation sites is 1. The lowest BCUT2D eigenvalue weighted by atomic mass is 10.1. The highest BCUT2D eigenvalue weighted by Gasteiger charge is 2.31. The molecule has 2 heterocycles. The van der Waals surface area contributed by atoms with Gasteiger partial charge < -0.3 is 15.2 Å². The van der Waals surface area contributed by atoms with Gasteiger partial charge in [-0.3, -0.25) is 14.5 Å². The van der Waals surface area contributed by atoms with E-state index in [4.69, 9.17) is 0 Å². The molecule has 0 saturated carbocycles. The average molecular weight is 423 g/mol. The second kappa shape index (κ2) is 9.31. The number of amides is 2. The van der Waals surface area contributed by atoms with E-state index < -0.39 is 6.04 Å². The summed E-state index contributed by atoms with van der Waals surface area (Å²) in [4.78, 5) is 27.0. The first-order chi connectivity index (χ1) is 15.0. The Morgan fingerprint density at radius 3 is 2.87 bits per heavy atom. The zero-order chi connectivity index (χ0) is 21.8. The third kappa shape index (κ3) is 4.94. The highest BCUT2D eigenvalue weighted by molar-refractivity contribution is 5.88. The summed E-state index contributed by atoms with van der Waals surface area (Å²) in [6.07, 6.45) is 0.0759. The van der Waals surface area contributed by atoms with Crippen molar-refractivity contribution in [2.24, 2.45) is 0 Å². The summed E-state index contributed by atoms with van der Waals surface area (Å²) < 4.78 is 15.7. The molecule has 1 aliphatic heterocycles. The number of benzene rings is 2. The Bertz CT molecular complexity index is 1090. The number of nitrogens with one attached hydrogen (secondary N) is 2. The normalized spacial score (nSPS) is 17.0. The topological polar surface area (TPSA) is 66.4 Å². The molecule has 0 aliphatic carbocycles. The summed E-state index contributed by atoms with van der Waals surface area (Å²) >= 11 is 0. The van der Waals surface area contributed by atoms with Crippen molar-refractivity contribution in [3.05, 3.63) is 71.7 Å². The highest BCUT2D eigenvalue weighted by Crippen LogP contribution is 2.19. The lowest BCUT2D eigenvalue weighted by Gasteiger charge is -2.34. The summed E-state index contributed by atoms with van der Waals surface area (Å²) in [6.45, 7) is 4.77. The average Bonchev–Trinajstić information content (AvgIpc) is 3.06. The molecule has 1 fully saturated rings. The summed E-state index contributed by atoms with van der Waals surface area (Å²) in [5.74, 6) is -0.633. The van der Waals surface area contributed by atoms with Gasteiger partial charge in [0, 0.05) is 43.9 Å². The van der Waals surface area contributed by atoms with Crippen LogP contribution in [0.3, 0.4) is 0 Å². The van der Waals surface area contributed by atoms with Crippen LogP contribution in [-0.4, -0.2) is 47.0 Å². The Balaban J connectivity index is 1.35. The van der Waals surface area contributed by atoms with E-state index in [1.165, 1.54) is 17.5 Å². The molecule has 3 aromatic rings. The van der Waals surface area contributed by atoms with Crippen LogP contribution in [0, 0.1) is 12.7 Å². The zero-order valence-corrected chi connectivity index (χ0v) is 17.6. The van der Waals surface area contributed by atoms with Crippen molar-refractivity contribution >= 4 is 22.7 Å². The van der Waals surface area contributed by atoms with Gasteiger partial charge in [0.2, 0.25) is 11.8 Å². The molecule has 0 bridgehead atoms. The second-order valence-electron chi connectivity index (χ2n) is 7.96. The minimum Gasteiger partial charge on any atom is -0.354 e. The molecule has 2 N–H and O–H groups in total. The fraction of sp³-hybridized carbons (Fsp3) is 0.333. The van der Waals surface area contributed by atoms with E-state index in [1.807, 2.05) is 23.1 Å². The molecule has 1 saturated heterocycles. The number of hydrogen-bond acceptors (Lipinski definition) is 3. The van der Waals surface area contributed by atoms with Gasteiger partial charge in [0.1, 0.15) is 5.82 Å². The number of piperazine rings is 1. The molecular formula is C24H27FN4O2. The molecule has 31 heavy (non-hydrogen) atoms. The molecule has 0 spiro atoms. The first-order valence-electron chi connectivity index (χ1n) is 10.6. The van der Waals surface area contributed by atoms with Crippen LogP contribution in [0.15, 0.2) is 54.6 Å².